The van der Waals surface area contributed by atoms with Gasteiger partial charge in [0.1, 0.15) is 0 Å². The maximum atomic E-state index is 3.48. The van der Waals surface area contributed by atoms with Gasteiger partial charge in [-0.05, 0) is 38.4 Å². The van der Waals surface area contributed by atoms with E-state index >= 15 is 0 Å². The number of anilines is 1. The third-order valence-electron chi connectivity index (χ3n) is 4.08. The van der Waals surface area contributed by atoms with Gasteiger partial charge in [-0.2, -0.15) is 0 Å². The molecule has 0 atom stereocenters. The first-order valence-corrected chi connectivity index (χ1v) is 6.22. The van der Waals surface area contributed by atoms with Crippen molar-refractivity contribution in [1.82, 2.24) is 5.32 Å². The third-order valence-corrected chi connectivity index (χ3v) is 4.08. The molecule has 16 heavy (non-hydrogen) atoms. The molecule has 1 aromatic rings. The lowest BCUT2D eigenvalue weighted by atomic mass is 9.78. The van der Waals surface area contributed by atoms with Gasteiger partial charge in [0, 0.05) is 30.7 Å². The summed E-state index contributed by atoms with van der Waals surface area (Å²) in [6.45, 7) is 9.29. The SMILES string of the molecule is Cc1ccc(N2CC3(CCNC3)C2)c(C)c1. The molecule has 1 spiro atoms. The summed E-state index contributed by atoms with van der Waals surface area (Å²) in [5.41, 5.74) is 4.81. The Morgan fingerprint density at radius 2 is 2.06 bits per heavy atom. The highest BCUT2D eigenvalue weighted by molar-refractivity contribution is 5.57. The first-order valence-electron chi connectivity index (χ1n) is 6.22. The Kier molecular flexibility index (Phi) is 2.21. The van der Waals surface area contributed by atoms with Crippen molar-refractivity contribution in [3.05, 3.63) is 29.3 Å². The van der Waals surface area contributed by atoms with E-state index in [-0.39, 0.29) is 0 Å². The Labute approximate surface area is 97.6 Å². The second-order valence-electron chi connectivity index (χ2n) is 5.57. The molecule has 0 aromatic heterocycles. The molecule has 0 saturated carbocycles. The van der Waals surface area contributed by atoms with Gasteiger partial charge in [-0.3, -0.25) is 0 Å². The summed E-state index contributed by atoms with van der Waals surface area (Å²) in [6, 6.07) is 6.79. The molecule has 0 bridgehead atoms. The van der Waals surface area contributed by atoms with Crippen LogP contribution < -0.4 is 10.2 Å². The highest BCUT2D eigenvalue weighted by atomic mass is 15.2. The van der Waals surface area contributed by atoms with Crippen LogP contribution in [0.3, 0.4) is 0 Å². The van der Waals surface area contributed by atoms with Crippen LogP contribution in [0, 0.1) is 19.3 Å². The van der Waals surface area contributed by atoms with Crippen LogP contribution in [0.2, 0.25) is 0 Å². The monoisotopic (exact) mass is 216 g/mol. The molecule has 0 unspecified atom stereocenters. The van der Waals surface area contributed by atoms with Crippen LogP contribution in [-0.2, 0) is 0 Å². The maximum absolute atomic E-state index is 3.48. The molecular formula is C14H20N2. The van der Waals surface area contributed by atoms with Gasteiger partial charge < -0.3 is 10.2 Å². The van der Waals surface area contributed by atoms with Gasteiger partial charge in [-0.1, -0.05) is 17.7 Å². The minimum Gasteiger partial charge on any atom is -0.370 e. The molecule has 2 aliphatic heterocycles. The van der Waals surface area contributed by atoms with Gasteiger partial charge >= 0.3 is 0 Å². The lowest BCUT2D eigenvalue weighted by Crippen LogP contribution is -2.57. The van der Waals surface area contributed by atoms with Gasteiger partial charge in [-0.15, -0.1) is 0 Å². The zero-order chi connectivity index (χ0) is 11.2. The molecule has 0 aliphatic carbocycles. The predicted octanol–water partition coefficient (Wildman–Crippen LogP) is 2.10. The number of hydrogen-bond acceptors (Lipinski definition) is 2. The number of nitrogens with zero attached hydrogens (tertiary/aromatic N) is 1. The minimum absolute atomic E-state index is 0.595. The van der Waals surface area contributed by atoms with E-state index in [9.17, 15) is 0 Å². The molecule has 2 fully saturated rings. The quantitative estimate of drug-likeness (QED) is 0.773. The molecule has 2 aliphatic rings. The lowest BCUT2D eigenvalue weighted by Gasteiger charge is -2.49. The van der Waals surface area contributed by atoms with Crippen LogP contribution in [-0.4, -0.2) is 26.2 Å². The van der Waals surface area contributed by atoms with Crippen molar-refractivity contribution in [1.29, 1.82) is 0 Å². The summed E-state index contributed by atoms with van der Waals surface area (Å²) in [6.07, 6.45) is 1.36. The Morgan fingerprint density at radius 1 is 1.25 bits per heavy atom. The molecule has 3 rings (SSSR count). The normalized spacial score (nSPS) is 22.5. The van der Waals surface area contributed by atoms with E-state index in [0.717, 1.165) is 0 Å². The topological polar surface area (TPSA) is 15.3 Å². The molecular weight excluding hydrogens is 196 g/mol. The smallest absolute Gasteiger partial charge is 0.0396 e. The van der Waals surface area contributed by atoms with Gasteiger partial charge in [0.2, 0.25) is 0 Å². The molecule has 0 radical (unpaired) electrons. The van der Waals surface area contributed by atoms with Crippen LogP contribution >= 0.6 is 0 Å². The van der Waals surface area contributed by atoms with E-state index in [1.807, 2.05) is 0 Å². The molecule has 86 valence electrons. The van der Waals surface area contributed by atoms with E-state index in [1.54, 1.807) is 0 Å². The standard InChI is InChI=1S/C14H20N2/c1-11-3-4-13(12(2)7-11)16-9-14(10-16)5-6-15-8-14/h3-4,7,15H,5-6,8-10H2,1-2H3. The Balaban J connectivity index is 1.76. The summed E-state index contributed by atoms with van der Waals surface area (Å²) >= 11 is 0. The maximum Gasteiger partial charge on any atom is 0.0396 e. The van der Waals surface area contributed by atoms with E-state index in [2.05, 4.69) is 42.3 Å². The van der Waals surface area contributed by atoms with E-state index in [1.165, 1.54) is 49.4 Å². The summed E-state index contributed by atoms with van der Waals surface area (Å²) in [7, 11) is 0. The van der Waals surface area contributed by atoms with Crippen LogP contribution in [0.25, 0.3) is 0 Å². The molecule has 2 nitrogen and oxygen atoms in total. The zero-order valence-corrected chi connectivity index (χ0v) is 10.2. The number of benzene rings is 1. The Bertz CT molecular complexity index is 397. The van der Waals surface area contributed by atoms with Gasteiger partial charge in [-0.25, -0.2) is 0 Å². The first kappa shape index (κ1) is 10.2. The molecule has 2 heterocycles. The average Bonchev–Trinajstić information content (AvgIpc) is 2.65. The van der Waals surface area contributed by atoms with Crippen molar-refractivity contribution in [2.45, 2.75) is 20.3 Å². The largest absolute Gasteiger partial charge is 0.370 e. The minimum atomic E-state index is 0.595. The molecule has 0 amide bonds. The number of hydrogen-bond donors (Lipinski definition) is 1. The van der Waals surface area contributed by atoms with E-state index < -0.39 is 0 Å². The number of aryl methyl sites for hydroxylation is 2. The van der Waals surface area contributed by atoms with Crippen LogP contribution in [0.5, 0.6) is 0 Å². The lowest BCUT2D eigenvalue weighted by molar-refractivity contribution is 0.243. The van der Waals surface area contributed by atoms with Crippen LogP contribution in [0.4, 0.5) is 5.69 Å². The second kappa shape index (κ2) is 3.49. The predicted molar refractivity (Wildman–Crippen MR) is 68.0 cm³/mol. The molecule has 2 heteroatoms. The van der Waals surface area contributed by atoms with Crippen molar-refractivity contribution in [3.8, 4) is 0 Å². The van der Waals surface area contributed by atoms with Crippen molar-refractivity contribution in [2.75, 3.05) is 31.1 Å². The van der Waals surface area contributed by atoms with Crippen LogP contribution in [0.1, 0.15) is 17.5 Å². The molecule has 2 saturated heterocycles. The fourth-order valence-corrected chi connectivity index (χ4v) is 3.16. The molecule has 1 N–H and O–H groups in total. The van der Waals surface area contributed by atoms with Crippen molar-refractivity contribution < 1.29 is 0 Å². The van der Waals surface area contributed by atoms with Crippen LogP contribution in [0.15, 0.2) is 18.2 Å². The Hall–Kier alpha value is -1.02. The third kappa shape index (κ3) is 1.52. The fourth-order valence-electron chi connectivity index (χ4n) is 3.16. The average molecular weight is 216 g/mol. The van der Waals surface area contributed by atoms with Crippen molar-refractivity contribution in [3.63, 3.8) is 0 Å². The van der Waals surface area contributed by atoms with Gasteiger partial charge in [0.25, 0.3) is 0 Å². The van der Waals surface area contributed by atoms with Gasteiger partial charge in [0.05, 0.1) is 0 Å². The zero-order valence-electron chi connectivity index (χ0n) is 10.2. The first-order chi connectivity index (χ1) is 7.69. The molecule has 1 aromatic carbocycles. The Morgan fingerprint density at radius 3 is 2.69 bits per heavy atom. The van der Waals surface area contributed by atoms with Gasteiger partial charge in [0.15, 0.2) is 0 Å². The van der Waals surface area contributed by atoms with E-state index in [4.69, 9.17) is 0 Å². The summed E-state index contributed by atoms with van der Waals surface area (Å²) < 4.78 is 0. The highest BCUT2D eigenvalue weighted by Gasteiger charge is 2.45. The number of rotatable bonds is 1. The summed E-state index contributed by atoms with van der Waals surface area (Å²) in [4.78, 5) is 2.53. The second-order valence-corrected chi connectivity index (χ2v) is 5.57. The van der Waals surface area contributed by atoms with E-state index in [0.29, 0.717) is 5.41 Å². The van der Waals surface area contributed by atoms with Crippen molar-refractivity contribution in [2.24, 2.45) is 5.41 Å². The summed E-state index contributed by atoms with van der Waals surface area (Å²) in [5.74, 6) is 0. The number of nitrogens with one attached hydrogen (secondary N) is 1. The summed E-state index contributed by atoms with van der Waals surface area (Å²) in [5, 5.41) is 3.48. The fraction of sp³-hybridized carbons (Fsp3) is 0.571. The van der Waals surface area contributed by atoms with Crippen molar-refractivity contribution >= 4 is 5.69 Å². The highest BCUT2D eigenvalue weighted by Crippen LogP contribution is 2.39.